The number of rotatable bonds is 4. The van der Waals surface area contributed by atoms with Gasteiger partial charge in [0.1, 0.15) is 11.6 Å². The SMILES string of the molecule is Cc1c(F)c(F)cc(CC(=O)Cc2ccccc2)c1F. The fourth-order valence-electron chi connectivity index (χ4n) is 2.02. The van der Waals surface area contributed by atoms with Gasteiger partial charge in [-0.2, -0.15) is 0 Å². The Balaban J connectivity index is 2.16. The summed E-state index contributed by atoms with van der Waals surface area (Å²) < 4.78 is 40.2. The average Bonchev–Trinajstić information content (AvgIpc) is 2.43. The van der Waals surface area contributed by atoms with Gasteiger partial charge in [-0.15, -0.1) is 0 Å². The van der Waals surface area contributed by atoms with E-state index >= 15 is 0 Å². The molecule has 20 heavy (non-hydrogen) atoms. The third-order valence-electron chi connectivity index (χ3n) is 3.08. The summed E-state index contributed by atoms with van der Waals surface area (Å²) >= 11 is 0. The Morgan fingerprint density at radius 3 is 2.30 bits per heavy atom. The Kier molecular flexibility index (Phi) is 4.23. The van der Waals surface area contributed by atoms with Gasteiger partial charge in [0.15, 0.2) is 11.6 Å². The van der Waals surface area contributed by atoms with Crippen molar-refractivity contribution in [1.29, 1.82) is 0 Å². The first-order chi connectivity index (χ1) is 9.49. The van der Waals surface area contributed by atoms with Gasteiger partial charge in [-0.25, -0.2) is 13.2 Å². The fourth-order valence-corrected chi connectivity index (χ4v) is 2.02. The van der Waals surface area contributed by atoms with Crippen LogP contribution in [-0.2, 0) is 17.6 Å². The fraction of sp³-hybridized carbons (Fsp3) is 0.188. The van der Waals surface area contributed by atoms with Crippen molar-refractivity contribution >= 4 is 5.78 Å². The molecule has 0 radical (unpaired) electrons. The predicted octanol–water partition coefficient (Wildman–Crippen LogP) is 3.77. The maximum Gasteiger partial charge on any atom is 0.164 e. The van der Waals surface area contributed by atoms with E-state index in [2.05, 4.69) is 0 Å². The Morgan fingerprint density at radius 1 is 1.00 bits per heavy atom. The number of carbonyl (C=O) groups is 1. The first-order valence-electron chi connectivity index (χ1n) is 6.17. The molecule has 0 amide bonds. The second-order valence-electron chi connectivity index (χ2n) is 4.65. The van der Waals surface area contributed by atoms with Crippen LogP contribution in [0, 0.1) is 24.4 Å². The Labute approximate surface area is 115 Å². The molecule has 0 fully saturated rings. The highest BCUT2D eigenvalue weighted by molar-refractivity contribution is 5.83. The zero-order valence-electron chi connectivity index (χ0n) is 10.9. The normalized spacial score (nSPS) is 10.6. The van der Waals surface area contributed by atoms with E-state index in [9.17, 15) is 18.0 Å². The van der Waals surface area contributed by atoms with Crippen LogP contribution in [0.15, 0.2) is 36.4 Å². The van der Waals surface area contributed by atoms with Crippen LogP contribution in [0.2, 0.25) is 0 Å². The lowest BCUT2D eigenvalue weighted by Crippen LogP contribution is -2.10. The molecule has 0 spiro atoms. The molecule has 0 N–H and O–H groups in total. The largest absolute Gasteiger partial charge is 0.299 e. The highest BCUT2D eigenvalue weighted by Crippen LogP contribution is 2.20. The van der Waals surface area contributed by atoms with Crippen molar-refractivity contribution in [3.8, 4) is 0 Å². The van der Waals surface area contributed by atoms with Crippen molar-refractivity contribution in [2.45, 2.75) is 19.8 Å². The molecule has 0 aromatic heterocycles. The van der Waals surface area contributed by atoms with Crippen molar-refractivity contribution in [3.63, 3.8) is 0 Å². The summed E-state index contributed by atoms with van der Waals surface area (Å²) in [6.45, 7) is 1.15. The average molecular weight is 278 g/mol. The zero-order chi connectivity index (χ0) is 14.7. The van der Waals surface area contributed by atoms with Crippen LogP contribution in [0.25, 0.3) is 0 Å². The second-order valence-corrected chi connectivity index (χ2v) is 4.65. The third kappa shape index (κ3) is 3.07. The molecule has 4 heteroatoms. The summed E-state index contributed by atoms with van der Waals surface area (Å²) in [5.41, 5.74) is 0.298. The quantitative estimate of drug-likeness (QED) is 0.778. The van der Waals surface area contributed by atoms with E-state index in [1.807, 2.05) is 6.07 Å². The summed E-state index contributed by atoms with van der Waals surface area (Å²) in [6.07, 6.45) is -0.114. The van der Waals surface area contributed by atoms with Gasteiger partial charge < -0.3 is 0 Å². The van der Waals surface area contributed by atoms with Gasteiger partial charge in [-0.3, -0.25) is 4.79 Å². The summed E-state index contributed by atoms with van der Waals surface area (Å²) in [5.74, 6) is -3.45. The summed E-state index contributed by atoms with van der Waals surface area (Å²) in [4.78, 5) is 11.9. The molecule has 2 aromatic rings. The lowest BCUT2D eigenvalue weighted by molar-refractivity contribution is -0.117. The molecule has 2 rings (SSSR count). The Bertz CT molecular complexity index is 636. The number of ketones is 1. The monoisotopic (exact) mass is 278 g/mol. The molecule has 0 atom stereocenters. The van der Waals surface area contributed by atoms with Gasteiger partial charge >= 0.3 is 0 Å². The number of Topliss-reactive ketones (excluding diaryl/α,β-unsaturated/α-hetero) is 1. The molecular formula is C16H13F3O. The van der Waals surface area contributed by atoms with Crippen molar-refractivity contribution in [2.75, 3.05) is 0 Å². The van der Waals surface area contributed by atoms with Crippen LogP contribution in [-0.4, -0.2) is 5.78 Å². The standard InChI is InChI=1S/C16H13F3O/c1-10-15(18)12(9-14(17)16(10)19)8-13(20)7-11-5-3-2-4-6-11/h2-6,9H,7-8H2,1H3. The highest BCUT2D eigenvalue weighted by atomic mass is 19.2. The molecule has 0 aliphatic heterocycles. The van der Waals surface area contributed by atoms with Crippen LogP contribution in [0.5, 0.6) is 0 Å². The molecule has 0 saturated carbocycles. The molecule has 104 valence electrons. The third-order valence-corrected chi connectivity index (χ3v) is 3.08. The van der Waals surface area contributed by atoms with Crippen molar-refractivity contribution in [3.05, 3.63) is 70.5 Å². The number of hydrogen-bond donors (Lipinski definition) is 0. The number of benzene rings is 2. The molecule has 0 aliphatic carbocycles. The van der Waals surface area contributed by atoms with Gasteiger partial charge in [0.25, 0.3) is 0 Å². The molecule has 2 aromatic carbocycles. The highest BCUT2D eigenvalue weighted by Gasteiger charge is 2.17. The van der Waals surface area contributed by atoms with E-state index in [4.69, 9.17) is 0 Å². The summed E-state index contributed by atoms with van der Waals surface area (Å²) in [7, 11) is 0. The van der Waals surface area contributed by atoms with Crippen LogP contribution < -0.4 is 0 Å². The van der Waals surface area contributed by atoms with Crippen molar-refractivity contribution < 1.29 is 18.0 Å². The van der Waals surface area contributed by atoms with Gasteiger partial charge in [0, 0.05) is 18.4 Å². The Hall–Kier alpha value is -2.10. The number of halogens is 3. The minimum absolute atomic E-state index is 0.109. The number of carbonyl (C=O) groups excluding carboxylic acids is 1. The molecule has 0 unspecified atom stereocenters. The molecule has 0 heterocycles. The van der Waals surface area contributed by atoms with E-state index in [1.165, 1.54) is 0 Å². The van der Waals surface area contributed by atoms with Gasteiger partial charge in [0.2, 0.25) is 0 Å². The topological polar surface area (TPSA) is 17.1 Å². The minimum Gasteiger partial charge on any atom is -0.299 e. The lowest BCUT2D eigenvalue weighted by Gasteiger charge is -2.07. The van der Waals surface area contributed by atoms with Crippen LogP contribution in [0.3, 0.4) is 0 Å². The first kappa shape index (κ1) is 14.3. The van der Waals surface area contributed by atoms with Crippen molar-refractivity contribution in [2.24, 2.45) is 0 Å². The summed E-state index contributed by atoms with van der Waals surface area (Å²) in [5, 5.41) is 0. The van der Waals surface area contributed by atoms with Crippen LogP contribution >= 0.6 is 0 Å². The maximum absolute atomic E-state index is 13.8. The predicted molar refractivity (Wildman–Crippen MR) is 69.9 cm³/mol. The molecule has 1 nitrogen and oxygen atoms in total. The van der Waals surface area contributed by atoms with E-state index < -0.39 is 23.0 Å². The van der Waals surface area contributed by atoms with E-state index in [1.54, 1.807) is 24.3 Å². The van der Waals surface area contributed by atoms with Crippen LogP contribution in [0.4, 0.5) is 13.2 Å². The van der Waals surface area contributed by atoms with Crippen LogP contribution in [0.1, 0.15) is 16.7 Å². The maximum atomic E-state index is 13.8. The molecule has 0 saturated heterocycles. The smallest absolute Gasteiger partial charge is 0.164 e. The molecule has 0 aliphatic rings. The second kappa shape index (κ2) is 5.90. The zero-order valence-corrected chi connectivity index (χ0v) is 10.9. The molecule has 0 bridgehead atoms. The van der Waals surface area contributed by atoms with Gasteiger partial charge in [-0.05, 0) is 24.1 Å². The van der Waals surface area contributed by atoms with E-state index in [0.29, 0.717) is 0 Å². The molecular weight excluding hydrogens is 265 g/mol. The first-order valence-corrected chi connectivity index (χ1v) is 6.17. The summed E-state index contributed by atoms with van der Waals surface area (Å²) in [6, 6.07) is 9.73. The van der Waals surface area contributed by atoms with Crippen molar-refractivity contribution in [1.82, 2.24) is 0 Å². The van der Waals surface area contributed by atoms with E-state index in [0.717, 1.165) is 18.6 Å². The number of hydrogen-bond acceptors (Lipinski definition) is 1. The minimum atomic E-state index is -1.21. The lowest BCUT2D eigenvalue weighted by atomic mass is 10.0. The van der Waals surface area contributed by atoms with Gasteiger partial charge in [-0.1, -0.05) is 30.3 Å². The Morgan fingerprint density at radius 2 is 1.65 bits per heavy atom. The van der Waals surface area contributed by atoms with Gasteiger partial charge in [0.05, 0.1) is 0 Å². The van der Waals surface area contributed by atoms with E-state index in [-0.39, 0.29) is 24.2 Å².